The molecule has 0 spiro atoms. The zero-order valence-corrected chi connectivity index (χ0v) is 6.84. The summed E-state index contributed by atoms with van der Waals surface area (Å²) in [4.78, 5) is 0. The van der Waals surface area contributed by atoms with Gasteiger partial charge in [0.25, 0.3) is 0 Å². The van der Waals surface area contributed by atoms with Gasteiger partial charge >= 0.3 is 0 Å². The van der Waals surface area contributed by atoms with Crippen molar-refractivity contribution in [2.45, 2.75) is 31.3 Å². The van der Waals surface area contributed by atoms with Crippen LogP contribution in [-0.4, -0.2) is 25.2 Å². The first kappa shape index (κ1) is 6.44. The second kappa shape index (κ2) is 2.20. The molecule has 3 rings (SSSR count). The molecule has 4 atom stereocenters. The van der Waals surface area contributed by atoms with Crippen molar-refractivity contribution in [1.82, 2.24) is 10.6 Å². The van der Waals surface area contributed by atoms with E-state index >= 15 is 0 Å². The Morgan fingerprint density at radius 3 is 2.91 bits per heavy atom. The predicted octanol–water partition coefficient (Wildman–Crippen LogP) is 0.346. The van der Waals surface area contributed by atoms with Crippen LogP contribution in [0.5, 0.6) is 0 Å². The van der Waals surface area contributed by atoms with Crippen molar-refractivity contribution in [3.8, 4) is 0 Å². The van der Waals surface area contributed by atoms with E-state index in [4.69, 9.17) is 0 Å². The van der Waals surface area contributed by atoms with Gasteiger partial charge < -0.3 is 10.6 Å². The highest BCUT2D eigenvalue weighted by Crippen LogP contribution is 2.39. The highest BCUT2D eigenvalue weighted by Gasteiger charge is 2.45. The quantitative estimate of drug-likeness (QED) is 0.523. The lowest BCUT2D eigenvalue weighted by Gasteiger charge is -2.40. The van der Waals surface area contributed by atoms with E-state index in [9.17, 15) is 0 Å². The monoisotopic (exact) mass is 152 g/mol. The number of hydrogen-bond acceptors (Lipinski definition) is 2. The Kier molecular flexibility index (Phi) is 1.29. The largest absolute Gasteiger partial charge is 0.312 e. The highest BCUT2D eigenvalue weighted by molar-refractivity contribution is 5.04. The fourth-order valence-corrected chi connectivity index (χ4v) is 3.29. The zero-order chi connectivity index (χ0) is 7.26. The van der Waals surface area contributed by atoms with Gasteiger partial charge in [-0.05, 0) is 44.2 Å². The molecule has 3 aliphatic rings. The van der Waals surface area contributed by atoms with Gasteiger partial charge in [0.2, 0.25) is 0 Å². The lowest BCUT2D eigenvalue weighted by Crippen LogP contribution is -2.54. The predicted molar refractivity (Wildman–Crippen MR) is 44.4 cm³/mol. The van der Waals surface area contributed by atoms with Gasteiger partial charge in [-0.2, -0.15) is 0 Å². The third kappa shape index (κ3) is 0.798. The van der Waals surface area contributed by atoms with Crippen LogP contribution in [0.25, 0.3) is 0 Å². The molecule has 2 heterocycles. The summed E-state index contributed by atoms with van der Waals surface area (Å²) in [7, 11) is 0. The molecule has 0 aromatic rings. The molecule has 0 aromatic carbocycles. The standard InChI is InChI=1S/C9H16N2/c1-2-8-9-7(3-4-10-8)6(1)5-11-9/h6-11H,1-5H2. The Balaban J connectivity index is 1.91. The molecule has 2 heteroatoms. The molecule has 4 bridgehead atoms. The molecule has 2 N–H and O–H groups in total. The molecule has 2 saturated heterocycles. The first-order chi connectivity index (χ1) is 5.45. The van der Waals surface area contributed by atoms with E-state index in [0.717, 1.165) is 23.9 Å². The molecule has 0 amide bonds. The van der Waals surface area contributed by atoms with Crippen LogP contribution in [0.15, 0.2) is 0 Å². The van der Waals surface area contributed by atoms with Crippen molar-refractivity contribution in [3.05, 3.63) is 0 Å². The number of nitrogens with one attached hydrogen (secondary N) is 2. The number of rotatable bonds is 0. The van der Waals surface area contributed by atoms with Crippen LogP contribution in [0.2, 0.25) is 0 Å². The maximum absolute atomic E-state index is 3.66. The summed E-state index contributed by atoms with van der Waals surface area (Å²) in [5, 5.41) is 7.27. The summed E-state index contributed by atoms with van der Waals surface area (Å²) in [5.41, 5.74) is 0. The molecule has 2 nitrogen and oxygen atoms in total. The van der Waals surface area contributed by atoms with Crippen LogP contribution in [-0.2, 0) is 0 Å². The van der Waals surface area contributed by atoms with E-state index in [1.807, 2.05) is 0 Å². The van der Waals surface area contributed by atoms with Gasteiger partial charge in [0.05, 0.1) is 0 Å². The van der Waals surface area contributed by atoms with Crippen LogP contribution in [0.4, 0.5) is 0 Å². The van der Waals surface area contributed by atoms with Crippen LogP contribution in [0.3, 0.4) is 0 Å². The van der Waals surface area contributed by atoms with Gasteiger partial charge in [-0.25, -0.2) is 0 Å². The van der Waals surface area contributed by atoms with E-state index in [2.05, 4.69) is 10.6 Å². The van der Waals surface area contributed by atoms with Crippen molar-refractivity contribution < 1.29 is 0 Å². The van der Waals surface area contributed by atoms with Crippen LogP contribution in [0, 0.1) is 11.8 Å². The van der Waals surface area contributed by atoms with Crippen molar-refractivity contribution in [2.24, 2.45) is 11.8 Å². The molecule has 2 aliphatic heterocycles. The average Bonchev–Trinajstić information content (AvgIpc) is 2.28. The Hall–Kier alpha value is -0.0800. The minimum absolute atomic E-state index is 0.812. The summed E-state index contributed by atoms with van der Waals surface area (Å²) in [5.74, 6) is 2.05. The molecule has 11 heavy (non-hydrogen) atoms. The molecule has 1 saturated carbocycles. The first-order valence-electron chi connectivity index (χ1n) is 4.92. The maximum atomic E-state index is 3.66. The zero-order valence-electron chi connectivity index (χ0n) is 6.84. The molecule has 1 aliphatic carbocycles. The Bertz CT molecular complexity index is 167. The molecule has 0 radical (unpaired) electrons. The number of hydrogen-bond donors (Lipinski definition) is 2. The van der Waals surface area contributed by atoms with Gasteiger partial charge in [0, 0.05) is 12.1 Å². The van der Waals surface area contributed by atoms with E-state index in [1.54, 1.807) is 0 Å². The van der Waals surface area contributed by atoms with E-state index < -0.39 is 0 Å². The van der Waals surface area contributed by atoms with E-state index in [1.165, 1.54) is 32.4 Å². The minimum Gasteiger partial charge on any atom is -0.312 e. The Morgan fingerprint density at radius 2 is 2.00 bits per heavy atom. The van der Waals surface area contributed by atoms with Crippen molar-refractivity contribution in [1.29, 1.82) is 0 Å². The first-order valence-corrected chi connectivity index (χ1v) is 4.92. The van der Waals surface area contributed by atoms with Crippen LogP contribution >= 0.6 is 0 Å². The van der Waals surface area contributed by atoms with Crippen molar-refractivity contribution in [3.63, 3.8) is 0 Å². The van der Waals surface area contributed by atoms with Gasteiger partial charge in [-0.3, -0.25) is 0 Å². The molecule has 3 fully saturated rings. The molecular weight excluding hydrogens is 136 g/mol. The molecule has 0 aromatic heterocycles. The maximum Gasteiger partial charge on any atom is 0.0253 e. The SMILES string of the molecule is C1CC2C3CCC(N1)C2NC3. The normalized spacial score (nSPS) is 54.5. The van der Waals surface area contributed by atoms with Crippen LogP contribution in [0.1, 0.15) is 19.3 Å². The second-order valence-corrected chi connectivity index (χ2v) is 4.28. The lowest BCUT2D eigenvalue weighted by molar-refractivity contribution is 0.169. The van der Waals surface area contributed by atoms with Crippen LogP contribution < -0.4 is 10.6 Å². The van der Waals surface area contributed by atoms with Gasteiger partial charge in [-0.1, -0.05) is 0 Å². The van der Waals surface area contributed by atoms with Gasteiger partial charge in [0.1, 0.15) is 0 Å². The summed E-state index contributed by atoms with van der Waals surface area (Å²) >= 11 is 0. The molecule has 62 valence electrons. The van der Waals surface area contributed by atoms with E-state index in [0.29, 0.717) is 0 Å². The summed E-state index contributed by atoms with van der Waals surface area (Å²) in [6, 6.07) is 1.65. The van der Waals surface area contributed by atoms with Crippen molar-refractivity contribution >= 4 is 0 Å². The fourth-order valence-electron chi connectivity index (χ4n) is 3.29. The average molecular weight is 152 g/mol. The van der Waals surface area contributed by atoms with Gasteiger partial charge in [-0.15, -0.1) is 0 Å². The summed E-state index contributed by atoms with van der Waals surface area (Å²) in [6.45, 7) is 2.57. The van der Waals surface area contributed by atoms with Crippen molar-refractivity contribution in [2.75, 3.05) is 13.1 Å². The van der Waals surface area contributed by atoms with E-state index in [-0.39, 0.29) is 0 Å². The third-order valence-corrected chi connectivity index (χ3v) is 3.85. The minimum atomic E-state index is 0.812. The summed E-state index contributed by atoms with van der Waals surface area (Å²) < 4.78 is 0. The Labute approximate surface area is 67.7 Å². The molecule has 4 unspecified atom stereocenters. The third-order valence-electron chi connectivity index (χ3n) is 3.85. The smallest absolute Gasteiger partial charge is 0.0253 e. The lowest BCUT2D eigenvalue weighted by atomic mass is 9.73. The number of piperidine rings is 1. The summed E-state index contributed by atoms with van der Waals surface area (Å²) in [6.07, 6.45) is 4.30. The topological polar surface area (TPSA) is 24.1 Å². The Morgan fingerprint density at radius 1 is 1.00 bits per heavy atom. The molecular formula is C9H16N2. The van der Waals surface area contributed by atoms with Gasteiger partial charge in [0.15, 0.2) is 0 Å². The fraction of sp³-hybridized carbons (Fsp3) is 1.00. The highest BCUT2D eigenvalue weighted by atomic mass is 15.1. The second-order valence-electron chi connectivity index (χ2n) is 4.28.